The third-order valence-electron chi connectivity index (χ3n) is 3.09. The van der Waals surface area contributed by atoms with Crippen molar-refractivity contribution in [2.75, 3.05) is 0 Å². The van der Waals surface area contributed by atoms with Crippen molar-refractivity contribution in [2.24, 2.45) is 0 Å². The predicted octanol–water partition coefficient (Wildman–Crippen LogP) is 3.28. The Balaban J connectivity index is 2.23. The third kappa shape index (κ3) is 1.27. The van der Waals surface area contributed by atoms with Crippen LogP contribution in [0.15, 0.2) is 54.7 Å². The van der Waals surface area contributed by atoms with Gasteiger partial charge in [-0.3, -0.25) is 0 Å². The summed E-state index contributed by atoms with van der Waals surface area (Å²) in [5.74, 6) is 0.701. The van der Waals surface area contributed by atoms with Crippen LogP contribution in [0.4, 0.5) is 0 Å². The van der Waals surface area contributed by atoms with E-state index in [1.807, 2.05) is 54.7 Å². The molecule has 0 aromatic heterocycles. The minimum absolute atomic E-state index is 0.701. The lowest BCUT2D eigenvalue weighted by molar-refractivity contribution is 1.26. The molecule has 2 aromatic rings. The minimum Gasteiger partial charge on any atom is -0.244 e. The molecular weight excluding hydrogens is 222 g/mol. The van der Waals surface area contributed by atoms with Crippen molar-refractivity contribution in [3.63, 3.8) is 0 Å². The number of hydrogen-bond donors (Lipinski definition) is 0. The Bertz CT molecular complexity index is 833. The highest BCUT2D eigenvalue weighted by atomic mass is 14.9. The van der Waals surface area contributed by atoms with Crippen LogP contribution in [-0.4, -0.2) is 15.0 Å². The summed E-state index contributed by atoms with van der Waals surface area (Å²) in [6.07, 6.45) is 1.83. The number of nitrogens with zero attached hydrogens (tertiary/aromatic N) is 3. The van der Waals surface area contributed by atoms with Crippen LogP contribution in [0.1, 0.15) is 0 Å². The Hall–Kier alpha value is -2.55. The fraction of sp³-hybridized carbons (Fsp3) is 0. The van der Waals surface area contributed by atoms with E-state index >= 15 is 0 Å². The first kappa shape index (κ1) is 9.48. The highest BCUT2D eigenvalue weighted by Crippen LogP contribution is 2.27. The molecule has 2 heterocycles. The van der Waals surface area contributed by atoms with Crippen molar-refractivity contribution < 1.29 is 0 Å². The van der Waals surface area contributed by atoms with Gasteiger partial charge in [-0.25, -0.2) is 15.0 Å². The maximum Gasteiger partial charge on any atom is 0.179 e. The van der Waals surface area contributed by atoms with E-state index in [1.54, 1.807) is 0 Å². The lowest BCUT2D eigenvalue weighted by Gasteiger charge is -1.91. The van der Waals surface area contributed by atoms with E-state index < -0.39 is 0 Å². The van der Waals surface area contributed by atoms with Crippen LogP contribution in [-0.2, 0) is 0 Å². The first-order chi connectivity index (χ1) is 8.92. The van der Waals surface area contributed by atoms with Crippen LogP contribution < -0.4 is 0 Å². The second-order valence-electron chi connectivity index (χ2n) is 4.23. The Labute approximate surface area is 103 Å². The molecule has 4 rings (SSSR count). The topological polar surface area (TPSA) is 38.7 Å². The lowest BCUT2D eigenvalue weighted by atomic mass is 10.2. The summed E-state index contributed by atoms with van der Waals surface area (Å²) >= 11 is 0. The zero-order valence-electron chi connectivity index (χ0n) is 9.54. The van der Waals surface area contributed by atoms with Gasteiger partial charge in [-0.1, -0.05) is 36.4 Å². The summed E-state index contributed by atoms with van der Waals surface area (Å²) in [6.45, 7) is 0. The summed E-state index contributed by atoms with van der Waals surface area (Å²) in [6, 6.07) is 16.0. The van der Waals surface area contributed by atoms with E-state index in [2.05, 4.69) is 9.97 Å². The molecule has 2 aliphatic rings. The SMILES string of the molecule is c1ccc2nc3c4ccccc4nc-3ncc2c1. The third-order valence-corrected chi connectivity index (χ3v) is 3.09. The summed E-state index contributed by atoms with van der Waals surface area (Å²) < 4.78 is 0. The molecule has 0 aliphatic carbocycles. The van der Waals surface area contributed by atoms with E-state index in [0.29, 0.717) is 5.82 Å². The maximum absolute atomic E-state index is 4.70. The smallest absolute Gasteiger partial charge is 0.179 e. The highest BCUT2D eigenvalue weighted by molar-refractivity contribution is 5.95. The fourth-order valence-corrected chi connectivity index (χ4v) is 2.21. The van der Waals surface area contributed by atoms with Crippen molar-refractivity contribution in [3.8, 4) is 11.5 Å². The lowest BCUT2D eigenvalue weighted by Crippen LogP contribution is -1.78. The number of para-hydroxylation sites is 2. The predicted molar refractivity (Wildman–Crippen MR) is 71.5 cm³/mol. The Morgan fingerprint density at radius 3 is 2.44 bits per heavy atom. The van der Waals surface area contributed by atoms with E-state index in [9.17, 15) is 0 Å². The van der Waals surface area contributed by atoms with Gasteiger partial charge in [0.05, 0.1) is 11.0 Å². The summed E-state index contributed by atoms with van der Waals surface area (Å²) in [5.41, 5.74) is 2.76. The first-order valence-corrected chi connectivity index (χ1v) is 5.82. The number of aromatic nitrogens is 3. The zero-order valence-corrected chi connectivity index (χ0v) is 9.54. The largest absolute Gasteiger partial charge is 0.244 e. The molecule has 0 N–H and O–H groups in total. The zero-order chi connectivity index (χ0) is 11.9. The van der Waals surface area contributed by atoms with Crippen LogP contribution in [0.2, 0.25) is 0 Å². The van der Waals surface area contributed by atoms with Gasteiger partial charge in [0.15, 0.2) is 5.82 Å². The Kier molecular flexibility index (Phi) is 1.83. The molecule has 0 atom stereocenters. The van der Waals surface area contributed by atoms with Gasteiger partial charge in [0, 0.05) is 17.0 Å². The quantitative estimate of drug-likeness (QED) is 0.466. The van der Waals surface area contributed by atoms with Gasteiger partial charge in [0.1, 0.15) is 5.69 Å². The van der Waals surface area contributed by atoms with Crippen molar-refractivity contribution in [2.45, 2.75) is 0 Å². The van der Waals surface area contributed by atoms with Crippen LogP contribution in [0, 0.1) is 0 Å². The van der Waals surface area contributed by atoms with E-state index in [1.165, 1.54) is 0 Å². The monoisotopic (exact) mass is 231 g/mol. The molecule has 2 aliphatic heterocycles. The van der Waals surface area contributed by atoms with Crippen molar-refractivity contribution in [1.82, 2.24) is 15.0 Å². The van der Waals surface area contributed by atoms with Gasteiger partial charge in [0.2, 0.25) is 0 Å². The Morgan fingerprint density at radius 2 is 1.50 bits per heavy atom. The molecule has 0 bridgehead atoms. The van der Waals surface area contributed by atoms with E-state index in [4.69, 9.17) is 4.98 Å². The first-order valence-electron chi connectivity index (χ1n) is 5.82. The van der Waals surface area contributed by atoms with Crippen molar-refractivity contribution in [1.29, 1.82) is 0 Å². The molecule has 3 heteroatoms. The molecule has 84 valence electrons. The molecule has 0 fully saturated rings. The van der Waals surface area contributed by atoms with Gasteiger partial charge >= 0.3 is 0 Å². The summed E-state index contributed by atoms with van der Waals surface area (Å²) in [4.78, 5) is 13.6. The number of fused-ring (bicyclic) bond motifs is 4. The van der Waals surface area contributed by atoms with E-state index in [0.717, 1.165) is 27.5 Å². The summed E-state index contributed by atoms with van der Waals surface area (Å²) in [5, 5.41) is 2.08. The van der Waals surface area contributed by atoms with Crippen molar-refractivity contribution in [3.05, 3.63) is 54.7 Å². The van der Waals surface area contributed by atoms with Crippen LogP contribution in [0.25, 0.3) is 33.3 Å². The summed E-state index contributed by atoms with van der Waals surface area (Å²) in [7, 11) is 0. The Morgan fingerprint density at radius 1 is 0.722 bits per heavy atom. The normalized spacial score (nSPS) is 11.3. The van der Waals surface area contributed by atoms with Crippen LogP contribution >= 0.6 is 0 Å². The van der Waals surface area contributed by atoms with Gasteiger partial charge in [-0.2, -0.15) is 0 Å². The fourth-order valence-electron chi connectivity index (χ4n) is 2.21. The second-order valence-corrected chi connectivity index (χ2v) is 4.23. The van der Waals surface area contributed by atoms with E-state index in [-0.39, 0.29) is 0 Å². The minimum atomic E-state index is 0.701. The second kappa shape index (κ2) is 3.47. The van der Waals surface area contributed by atoms with Crippen LogP contribution in [0.3, 0.4) is 0 Å². The van der Waals surface area contributed by atoms with Gasteiger partial charge < -0.3 is 0 Å². The highest BCUT2D eigenvalue weighted by Gasteiger charge is 2.13. The number of rotatable bonds is 0. The number of benzene rings is 2. The molecule has 0 unspecified atom stereocenters. The molecule has 0 spiro atoms. The molecule has 0 radical (unpaired) electrons. The molecular formula is C15H9N3. The van der Waals surface area contributed by atoms with Gasteiger partial charge in [0.25, 0.3) is 0 Å². The van der Waals surface area contributed by atoms with Gasteiger partial charge in [-0.05, 0) is 12.1 Å². The molecule has 0 saturated carbocycles. The molecule has 3 nitrogen and oxygen atoms in total. The average molecular weight is 231 g/mol. The maximum atomic E-state index is 4.70. The molecule has 0 saturated heterocycles. The van der Waals surface area contributed by atoms with Crippen LogP contribution in [0.5, 0.6) is 0 Å². The van der Waals surface area contributed by atoms with Crippen molar-refractivity contribution >= 4 is 21.8 Å². The standard InChI is InChI=1S/C15H9N3/c1-3-7-12-10(5-1)9-16-15-14(17-12)11-6-2-4-8-13(11)18-15/h1-9H. The van der Waals surface area contributed by atoms with Gasteiger partial charge in [-0.15, -0.1) is 0 Å². The molecule has 2 aromatic carbocycles. The molecule has 18 heavy (non-hydrogen) atoms. The number of hydrogen-bond acceptors (Lipinski definition) is 3. The average Bonchev–Trinajstić information content (AvgIpc) is 2.65. The molecule has 0 amide bonds.